The highest BCUT2D eigenvalue weighted by Crippen LogP contribution is 2.25. The number of aromatic nitrogens is 2. The minimum absolute atomic E-state index is 0.00989. The fourth-order valence-electron chi connectivity index (χ4n) is 2.61. The van der Waals surface area contributed by atoms with Crippen LogP contribution in [0.25, 0.3) is 11.4 Å². The van der Waals surface area contributed by atoms with Crippen LogP contribution in [0.5, 0.6) is 5.75 Å². The zero-order valence-electron chi connectivity index (χ0n) is 14.8. The number of hydrogen-bond acceptors (Lipinski definition) is 5. The number of nitrogens with zero attached hydrogens (tertiary/aromatic N) is 2. The van der Waals surface area contributed by atoms with Crippen LogP contribution in [0.2, 0.25) is 5.02 Å². The number of benzene rings is 1. The number of pyridine rings is 2. The number of rotatable bonds is 6. The number of methoxy groups -OCH3 is 1. The van der Waals surface area contributed by atoms with Gasteiger partial charge in [0.05, 0.1) is 35.8 Å². The van der Waals surface area contributed by atoms with Gasteiger partial charge in [-0.1, -0.05) is 29.8 Å². The van der Waals surface area contributed by atoms with Crippen LogP contribution in [0.3, 0.4) is 0 Å². The third-order valence-corrected chi connectivity index (χ3v) is 5.92. The lowest BCUT2D eigenvalue weighted by Gasteiger charge is -2.12. The van der Waals surface area contributed by atoms with Crippen molar-refractivity contribution in [3.63, 3.8) is 0 Å². The average molecular weight is 404 g/mol. The Labute approximate surface area is 163 Å². The van der Waals surface area contributed by atoms with E-state index in [0.717, 1.165) is 0 Å². The maximum atomic E-state index is 12.7. The van der Waals surface area contributed by atoms with Gasteiger partial charge in [-0.05, 0) is 30.7 Å². The quantitative estimate of drug-likeness (QED) is 0.680. The van der Waals surface area contributed by atoms with Crippen LogP contribution in [0.4, 0.5) is 0 Å². The van der Waals surface area contributed by atoms with Gasteiger partial charge in [-0.2, -0.15) is 0 Å². The summed E-state index contributed by atoms with van der Waals surface area (Å²) in [6.45, 7) is 1.69. The molecule has 0 saturated carbocycles. The van der Waals surface area contributed by atoms with Crippen molar-refractivity contribution in [2.75, 3.05) is 7.11 Å². The molecule has 0 atom stereocenters. The van der Waals surface area contributed by atoms with E-state index in [9.17, 15) is 8.42 Å². The number of halogens is 1. The Balaban J connectivity index is 1.90. The highest BCUT2D eigenvalue weighted by molar-refractivity contribution is 7.89. The van der Waals surface area contributed by atoms with Crippen molar-refractivity contribution >= 4 is 21.6 Å². The summed E-state index contributed by atoms with van der Waals surface area (Å²) in [5.41, 5.74) is 2.34. The molecule has 1 aromatic carbocycles. The summed E-state index contributed by atoms with van der Waals surface area (Å²) in [5, 5.41) is 0.176. The summed E-state index contributed by atoms with van der Waals surface area (Å²) in [6, 6.07) is 13.9. The lowest BCUT2D eigenvalue weighted by molar-refractivity contribution is 0.413. The maximum absolute atomic E-state index is 12.7. The van der Waals surface area contributed by atoms with E-state index in [1.807, 2.05) is 18.2 Å². The smallest absolute Gasteiger partial charge is 0.242 e. The van der Waals surface area contributed by atoms with Crippen LogP contribution < -0.4 is 9.46 Å². The molecule has 2 aromatic heterocycles. The number of ether oxygens (including phenoxy) is 1. The van der Waals surface area contributed by atoms with Gasteiger partial charge in [0.25, 0.3) is 0 Å². The lowest BCUT2D eigenvalue weighted by atomic mass is 10.2. The molecule has 0 saturated heterocycles. The molecule has 0 amide bonds. The van der Waals surface area contributed by atoms with Gasteiger partial charge >= 0.3 is 0 Å². The van der Waals surface area contributed by atoms with Crippen molar-refractivity contribution < 1.29 is 13.2 Å². The zero-order chi connectivity index (χ0) is 19.4. The summed E-state index contributed by atoms with van der Waals surface area (Å²) >= 11 is 6.09. The van der Waals surface area contributed by atoms with Gasteiger partial charge in [0.15, 0.2) is 0 Å². The molecule has 3 aromatic rings. The first-order valence-corrected chi connectivity index (χ1v) is 9.98. The van der Waals surface area contributed by atoms with Gasteiger partial charge in [-0.15, -0.1) is 0 Å². The molecular formula is C19H18ClN3O3S. The summed E-state index contributed by atoms with van der Waals surface area (Å²) in [7, 11) is -2.25. The highest BCUT2D eigenvalue weighted by atomic mass is 35.5. The van der Waals surface area contributed by atoms with Crippen LogP contribution in [0, 0.1) is 6.92 Å². The van der Waals surface area contributed by atoms with E-state index in [0.29, 0.717) is 28.4 Å². The minimum Gasteiger partial charge on any atom is -0.497 e. The van der Waals surface area contributed by atoms with Gasteiger partial charge in [0.2, 0.25) is 10.0 Å². The molecule has 6 nitrogen and oxygen atoms in total. The van der Waals surface area contributed by atoms with E-state index in [2.05, 4.69) is 14.7 Å². The second-order valence-electron chi connectivity index (χ2n) is 5.81. The van der Waals surface area contributed by atoms with Crippen LogP contribution in [-0.4, -0.2) is 25.5 Å². The number of nitrogens with one attached hydrogen (secondary N) is 1. The predicted molar refractivity (Wildman–Crippen MR) is 104 cm³/mol. The SMILES string of the molecule is COc1cc(CNS(=O)(=O)c2c(C)cccc2Cl)nc(-c2ccccn2)c1. The van der Waals surface area contributed by atoms with Crippen LogP contribution in [-0.2, 0) is 16.6 Å². The molecular weight excluding hydrogens is 386 g/mol. The largest absolute Gasteiger partial charge is 0.497 e. The summed E-state index contributed by atoms with van der Waals surface area (Å²) < 4.78 is 33.2. The van der Waals surface area contributed by atoms with Crippen LogP contribution >= 0.6 is 11.6 Å². The molecule has 0 aliphatic heterocycles. The third kappa shape index (κ3) is 4.44. The Morgan fingerprint density at radius 3 is 2.59 bits per heavy atom. The van der Waals surface area contributed by atoms with Crippen molar-refractivity contribution in [1.29, 1.82) is 0 Å². The van der Waals surface area contributed by atoms with Crippen LogP contribution in [0.15, 0.2) is 59.6 Å². The molecule has 140 valence electrons. The fraction of sp³-hybridized carbons (Fsp3) is 0.158. The Morgan fingerprint density at radius 1 is 1.11 bits per heavy atom. The van der Waals surface area contributed by atoms with Gasteiger partial charge in [-0.25, -0.2) is 18.1 Å². The number of hydrogen-bond donors (Lipinski definition) is 1. The Bertz CT molecular complexity index is 1040. The second kappa shape index (κ2) is 8.04. The Morgan fingerprint density at radius 2 is 1.93 bits per heavy atom. The summed E-state index contributed by atoms with van der Waals surface area (Å²) in [6.07, 6.45) is 1.67. The molecule has 0 fully saturated rings. The molecule has 1 N–H and O–H groups in total. The molecule has 0 aliphatic carbocycles. The first-order chi connectivity index (χ1) is 12.9. The van der Waals surface area contributed by atoms with Crippen molar-refractivity contribution in [2.45, 2.75) is 18.4 Å². The van der Waals surface area contributed by atoms with Gasteiger partial charge in [-0.3, -0.25) is 4.98 Å². The van der Waals surface area contributed by atoms with Gasteiger partial charge in [0, 0.05) is 18.3 Å². The normalized spacial score (nSPS) is 11.4. The molecule has 27 heavy (non-hydrogen) atoms. The van der Waals surface area contributed by atoms with E-state index in [4.69, 9.17) is 16.3 Å². The summed E-state index contributed by atoms with van der Waals surface area (Å²) in [5.74, 6) is 0.564. The maximum Gasteiger partial charge on any atom is 0.242 e. The molecule has 0 aliphatic rings. The van der Waals surface area contributed by atoms with Crippen molar-refractivity contribution in [2.24, 2.45) is 0 Å². The van der Waals surface area contributed by atoms with E-state index >= 15 is 0 Å². The molecule has 0 radical (unpaired) electrons. The first kappa shape index (κ1) is 19.3. The molecule has 0 unspecified atom stereocenters. The van der Waals surface area contributed by atoms with Crippen molar-refractivity contribution in [1.82, 2.24) is 14.7 Å². The number of aryl methyl sites for hydroxylation is 1. The minimum atomic E-state index is -3.80. The van der Waals surface area contributed by atoms with E-state index in [1.54, 1.807) is 50.6 Å². The van der Waals surface area contributed by atoms with Gasteiger partial charge < -0.3 is 4.74 Å². The van der Waals surface area contributed by atoms with Gasteiger partial charge in [0.1, 0.15) is 10.6 Å². The molecule has 2 heterocycles. The second-order valence-corrected chi connectivity index (χ2v) is 7.92. The highest BCUT2D eigenvalue weighted by Gasteiger charge is 2.20. The Hall–Kier alpha value is -2.48. The van der Waals surface area contributed by atoms with E-state index in [1.165, 1.54) is 0 Å². The first-order valence-electron chi connectivity index (χ1n) is 8.12. The molecule has 0 bridgehead atoms. The van der Waals surface area contributed by atoms with E-state index < -0.39 is 10.0 Å². The standard InChI is InChI=1S/C19H18ClN3O3S/c1-13-6-5-7-16(20)19(13)27(24,25)22-12-14-10-15(26-2)11-18(23-14)17-8-3-4-9-21-17/h3-11,22H,12H2,1-2H3. The number of sulfonamides is 1. The lowest BCUT2D eigenvalue weighted by Crippen LogP contribution is -2.25. The fourth-order valence-corrected chi connectivity index (χ4v) is 4.44. The topological polar surface area (TPSA) is 81.2 Å². The Kier molecular flexibility index (Phi) is 5.74. The molecule has 8 heteroatoms. The van der Waals surface area contributed by atoms with Crippen LogP contribution in [0.1, 0.15) is 11.3 Å². The van der Waals surface area contributed by atoms with Crippen molar-refractivity contribution in [3.05, 3.63) is 71.0 Å². The van der Waals surface area contributed by atoms with Crippen molar-refractivity contribution in [3.8, 4) is 17.1 Å². The molecule has 0 spiro atoms. The van der Waals surface area contributed by atoms with E-state index in [-0.39, 0.29) is 16.5 Å². The molecule has 3 rings (SSSR count). The monoisotopic (exact) mass is 403 g/mol. The average Bonchev–Trinajstić information content (AvgIpc) is 2.66. The zero-order valence-corrected chi connectivity index (χ0v) is 16.4. The third-order valence-electron chi connectivity index (χ3n) is 3.89. The summed E-state index contributed by atoms with van der Waals surface area (Å²) in [4.78, 5) is 8.83. The predicted octanol–water partition coefficient (Wildman–Crippen LogP) is 3.59.